The molecule has 1 N–H and O–H groups in total. The van der Waals surface area contributed by atoms with Crippen LogP contribution in [0.2, 0.25) is 0 Å². The maximum absolute atomic E-state index is 15.4. The van der Waals surface area contributed by atoms with Crippen LogP contribution in [-0.4, -0.2) is 39.3 Å². The van der Waals surface area contributed by atoms with Gasteiger partial charge in [-0.15, -0.1) is 0 Å². The van der Waals surface area contributed by atoms with Crippen molar-refractivity contribution in [2.24, 2.45) is 0 Å². The molecule has 0 fully saturated rings. The Kier molecular flexibility index (Phi) is 8.17. The third kappa shape index (κ3) is 5.80. The zero-order chi connectivity index (χ0) is 29.8. The number of ether oxygens (including phenoxy) is 2. The number of para-hydroxylation sites is 1. The van der Waals surface area contributed by atoms with Gasteiger partial charge in [-0.25, -0.2) is 27.9 Å². The molecule has 3 aromatic carbocycles. The first-order valence-electron chi connectivity index (χ1n) is 12.8. The Hall–Kier alpha value is -5.21. The SMILES string of the molecule is COCCn1c(Cc2c(F)cc(-c3cccc(OCc4ccc(C#N)cc4F)n3)cc2F)nc2c(C(=O)O)cccc21. The summed E-state index contributed by atoms with van der Waals surface area (Å²) in [6.07, 6.45) is -0.234. The number of carboxylic acid groups (broad SMARTS) is 1. The minimum Gasteiger partial charge on any atom is -0.478 e. The lowest BCUT2D eigenvalue weighted by molar-refractivity contribution is 0.0699. The van der Waals surface area contributed by atoms with Gasteiger partial charge in [0.05, 0.1) is 35.0 Å². The highest BCUT2D eigenvalue weighted by Crippen LogP contribution is 2.28. The summed E-state index contributed by atoms with van der Waals surface area (Å²) in [5, 5.41) is 18.5. The Bertz CT molecular complexity index is 1830. The predicted molar refractivity (Wildman–Crippen MR) is 146 cm³/mol. The lowest BCUT2D eigenvalue weighted by Gasteiger charge is -2.12. The molecule has 212 valence electrons. The second kappa shape index (κ2) is 12.1. The van der Waals surface area contributed by atoms with E-state index in [2.05, 4.69) is 9.97 Å². The van der Waals surface area contributed by atoms with Crippen molar-refractivity contribution in [3.8, 4) is 23.2 Å². The van der Waals surface area contributed by atoms with Gasteiger partial charge in [0, 0.05) is 42.8 Å². The number of imidazole rings is 1. The van der Waals surface area contributed by atoms with E-state index in [0.717, 1.165) is 18.2 Å². The molecule has 8 nitrogen and oxygen atoms in total. The standard InChI is InChI=1S/C31H23F3N4O4/c1-41-11-10-38-27-6-2-4-21(31(39)40)30(27)37-28(38)15-22-24(33)13-20(14-25(22)34)26-5-3-7-29(36-26)42-17-19-9-8-18(16-35)12-23(19)32/h2-9,12-14H,10-11,15,17H2,1H3,(H,39,40). The van der Waals surface area contributed by atoms with Gasteiger partial charge in [0.2, 0.25) is 5.88 Å². The number of carbonyl (C=O) groups is 1. The predicted octanol–water partition coefficient (Wildman–Crippen LogP) is 5.90. The fourth-order valence-electron chi connectivity index (χ4n) is 4.55. The number of pyridine rings is 1. The van der Waals surface area contributed by atoms with Crippen molar-refractivity contribution >= 4 is 17.0 Å². The van der Waals surface area contributed by atoms with Crippen LogP contribution in [-0.2, 0) is 24.3 Å². The van der Waals surface area contributed by atoms with E-state index in [0.29, 0.717) is 12.1 Å². The topological polar surface area (TPSA) is 110 Å². The molecular weight excluding hydrogens is 549 g/mol. The van der Waals surface area contributed by atoms with Gasteiger partial charge in [-0.2, -0.15) is 5.26 Å². The fourth-order valence-corrected chi connectivity index (χ4v) is 4.55. The van der Waals surface area contributed by atoms with Gasteiger partial charge < -0.3 is 19.1 Å². The number of fused-ring (bicyclic) bond motifs is 1. The molecule has 0 aliphatic heterocycles. The van der Waals surface area contributed by atoms with Gasteiger partial charge in [-0.05, 0) is 42.5 Å². The average molecular weight is 573 g/mol. The van der Waals surface area contributed by atoms with Gasteiger partial charge in [0.15, 0.2) is 0 Å². The number of aromatic nitrogens is 3. The molecule has 0 unspecified atom stereocenters. The van der Waals surface area contributed by atoms with E-state index in [-0.39, 0.29) is 70.4 Å². The van der Waals surface area contributed by atoms with Crippen LogP contribution in [0.5, 0.6) is 5.88 Å². The number of nitrogens with zero attached hydrogens (tertiary/aromatic N) is 4. The minimum atomic E-state index is -1.16. The highest BCUT2D eigenvalue weighted by molar-refractivity contribution is 6.01. The summed E-state index contributed by atoms with van der Waals surface area (Å²) in [5.74, 6) is -3.03. The van der Waals surface area contributed by atoms with Crippen molar-refractivity contribution < 1.29 is 32.5 Å². The van der Waals surface area contributed by atoms with E-state index in [1.54, 1.807) is 28.8 Å². The van der Waals surface area contributed by atoms with E-state index in [1.807, 2.05) is 6.07 Å². The Labute approximate surface area is 238 Å². The molecule has 0 amide bonds. The maximum Gasteiger partial charge on any atom is 0.337 e. The van der Waals surface area contributed by atoms with Crippen LogP contribution in [0.3, 0.4) is 0 Å². The molecule has 0 saturated heterocycles. The molecule has 11 heteroatoms. The number of halogens is 3. The average Bonchev–Trinajstić information content (AvgIpc) is 3.34. The summed E-state index contributed by atoms with van der Waals surface area (Å²) in [6.45, 7) is 0.417. The van der Waals surface area contributed by atoms with Gasteiger partial charge in [-0.1, -0.05) is 18.2 Å². The normalized spacial score (nSPS) is 11.0. The highest BCUT2D eigenvalue weighted by atomic mass is 19.1. The molecule has 0 spiro atoms. The first kappa shape index (κ1) is 28.3. The number of methoxy groups -OCH3 is 1. The summed E-state index contributed by atoms with van der Waals surface area (Å²) in [7, 11) is 1.51. The Morgan fingerprint density at radius 3 is 2.45 bits per heavy atom. The van der Waals surface area contributed by atoms with E-state index >= 15 is 8.78 Å². The molecule has 0 aliphatic rings. The van der Waals surface area contributed by atoms with Crippen LogP contribution in [0.15, 0.2) is 66.7 Å². The number of hydrogen-bond acceptors (Lipinski definition) is 6. The zero-order valence-corrected chi connectivity index (χ0v) is 22.3. The second-order valence-electron chi connectivity index (χ2n) is 9.31. The van der Waals surface area contributed by atoms with Gasteiger partial charge in [0.25, 0.3) is 0 Å². The number of benzene rings is 3. The molecule has 0 saturated carbocycles. The lowest BCUT2D eigenvalue weighted by atomic mass is 10.0. The first-order chi connectivity index (χ1) is 20.3. The van der Waals surface area contributed by atoms with Crippen LogP contribution < -0.4 is 4.74 Å². The van der Waals surface area contributed by atoms with Crippen LogP contribution in [0.4, 0.5) is 13.2 Å². The summed E-state index contributed by atoms with van der Waals surface area (Å²) in [4.78, 5) is 20.5. The minimum absolute atomic E-state index is 0.0173. The fraction of sp³-hybridized carbons (Fsp3) is 0.161. The number of aromatic carboxylic acids is 1. The van der Waals surface area contributed by atoms with Gasteiger partial charge in [-0.3, -0.25) is 0 Å². The van der Waals surface area contributed by atoms with Crippen LogP contribution in [0, 0.1) is 28.8 Å². The molecule has 0 radical (unpaired) electrons. The Balaban J connectivity index is 1.42. The quantitative estimate of drug-likeness (QED) is 0.222. The zero-order valence-electron chi connectivity index (χ0n) is 22.3. The molecule has 2 aromatic heterocycles. The van der Waals surface area contributed by atoms with Crippen molar-refractivity contribution in [1.82, 2.24) is 14.5 Å². The van der Waals surface area contributed by atoms with Crippen molar-refractivity contribution in [3.63, 3.8) is 0 Å². The summed E-state index contributed by atoms with van der Waals surface area (Å²) < 4.78 is 57.4. The molecule has 5 aromatic rings. The number of nitriles is 1. The van der Waals surface area contributed by atoms with E-state index in [1.165, 1.54) is 31.4 Å². The van der Waals surface area contributed by atoms with Crippen molar-refractivity contribution in [3.05, 3.63) is 112 Å². The van der Waals surface area contributed by atoms with Crippen LogP contribution >= 0.6 is 0 Å². The molecule has 42 heavy (non-hydrogen) atoms. The Morgan fingerprint density at radius 1 is 1.00 bits per heavy atom. The smallest absolute Gasteiger partial charge is 0.337 e. The van der Waals surface area contributed by atoms with E-state index < -0.39 is 23.4 Å². The second-order valence-corrected chi connectivity index (χ2v) is 9.31. The molecule has 0 aliphatic carbocycles. The number of hydrogen-bond donors (Lipinski definition) is 1. The maximum atomic E-state index is 15.4. The molecule has 2 heterocycles. The van der Waals surface area contributed by atoms with Crippen molar-refractivity contribution in [2.75, 3.05) is 13.7 Å². The summed E-state index contributed by atoms with van der Waals surface area (Å²) >= 11 is 0. The van der Waals surface area contributed by atoms with Gasteiger partial charge in [0.1, 0.15) is 35.4 Å². The molecule has 5 rings (SSSR count). The third-order valence-electron chi connectivity index (χ3n) is 6.66. The summed E-state index contributed by atoms with van der Waals surface area (Å²) in [5.41, 5.74) is 1.26. The third-order valence-corrected chi connectivity index (χ3v) is 6.66. The molecule has 0 bridgehead atoms. The van der Waals surface area contributed by atoms with Crippen LogP contribution in [0.1, 0.15) is 32.9 Å². The molecular formula is C31H23F3N4O4. The largest absolute Gasteiger partial charge is 0.478 e. The Morgan fingerprint density at radius 2 is 1.76 bits per heavy atom. The van der Waals surface area contributed by atoms with Crippen LogP contribution in [0.25, 0.3) is 22.3 Å². The van der Waals surface area contributed by atoms with E-state index in [9.17, 15) is 14.3 Å². The highest BCUT2D eigenvalue weighted by Gasteiger charge is 2.21. The van der Waals surface area contributed by atoms with Gasteiger partial charge >= 0.3 is 5.97 Å². The lowest BCUT2D eigenvalue weighted by Crippen LogP contribution is -2.10. The van der Waals surface area contributed by atoms with Crippen molar-refractivity contribution in [1.29, 1.82) is 5.26 Å². The van der Waals surface area contributed by atoms with E-state index in [4.69, 9.17) is 14.7 Å². The summed E-state index contributed by atoms with van der Waals surface area (Å²) in [6, 6.07) is 17.5. The molecule has 0 atom stereocenters. The monoisotopic (exact) mass is 572 g/mol. The number of carboxylic acids is 1. The first-order valence-corrected chi connectivity index (χ1v) is 12.8. The number of rotatable bonds is 10. The van der Waals surface area contributed by atoms with Crippen molar-refractivity contribution in [2.45, 2.75) is 19.6 Å².